The summed E-state index contributed by atoms with van der Waals surface area (Å²) in [7, 11) is 5.10. The quantitative estimate of drug-likeness (QED) is 0.00856. The average Bonchev–Trinajstić information content (AvgIpc) is 1.66. The summed E-state index contributed by atoms with van der Waals surface area (Å²) in [4.78, 5) is 73.8. The molecule has 133 heavy (non-hydrogen) atoms. The number of methoxy groups -OCH3 is 4. The van der Waals surface area contributed by atoms with Gasteiger partial charge in [-0.1, -0.05) is 94.8 Å². The summed E-state index contributed by atoms with van der Waals surface area (Å²) in [6.45, 7) is 6.09. The van der Waals surface area contributed by atoms with Crippen LogP contribution in [-0.2, 0) is 50.4 Å². The molecule has 0 saturated carbocycles. The van der Waals surface area contributed by atoms with Crippen molar-refractivity contribution in [2.24, 2.45) is 0 Å². The van der Waals surface area contributed by atoms with Crippen LogP contribution in [0.15, 0.2) is 231 Å². The molecule has 0 bridgehead atoms. The van der Waals surface area contributed by atoms with E-state index in [0.29, 0.717) is 69.4 Å². The number of nitrogen functional groups attached to an aromatic ring is 1. The van der Waals surface area contributed by atoms with Gasteiger partial charge in [-0.15, -0.1) is 47.3 Å². The molecule has 15 rings (SSSR count). The molecule has 10 aromatic carbocycles. The van der Waals surface area contributed by atoms with Crippen LogP contribution in [0, 0.1) is 30.9 Å². The van der Waals surface area contributed by atoms with E-state index in [1.165, 1.54) is 50.5 Å². The third kappa shape index (κ3) is 29.9. The van der Waals surface area contributed by atoms with Crippen LogP contribution < -0.4 is 45.4 Å². The topological polar surface area (TPSA) is 265 Å². The molecule has 0 fully saturated rings. The standard InChI is InChI=1S/C28H22F3N3O3.2C18H15F3N2O.C11H10BrNO2.C8H6F3NO3.C8H8F3NO.BBr3.Zn/c1-17-13-25(23-9-4-5-10-24(23)32-17)33-19-14-18(28(29,30)31)15-20(16-19)37-12-6-11-34-26(35)21-7-2-3-8-22(21)27(34)36;2*1-11-7-17(15-5-3-4-6-16(15)22-11)23-13-8-12(18(19,20)21)9-14(10-13)24-2;12-6-3-7-13-10(14)8-4-1-2-5-9(8)11(13)15;1-15-7-3-5(8(9,10)11)2-6(4-7)12(13)14;1-13-7-3-5(8(9,10)11)2-6(12)4-7;2-1(3)4;/h2-5,7-10,13-16H,6,11-12H2,1H3,(H,32,33);2*3-10H,1-2H3,(H,22,23);1-2,4-5H,3,6-7H2;2-4H,1H3;2-4H,12H2,1H3;;. The summed E-state index contributed by atoms with van der Waals surface area (Å²) in [5, 5.41) is 22.8. The van der Waals surface area contributed by atoms with E-state index in [-0.39, 0.29) is 106 Å². The predicted octanol–water partition coefficient (Wildman–Crippen LogP) is 26.1. The van der Waals surface area contributed by atoms with Crippen molar-refractivity contribution in [1.29, 1.82) is 0 Å². The maximum atomic E-state index is 13.6. The minimum absolute atomic E-state index is 0. The molecule has 3 aromatic heterocycles. The maximum Gasteiger partial charge on any atom is 0.416 e. The van der Waals surface area contributed by atoms with E-state index in [1.807, 2.05) is 93.6 Å². The Balaban J connectivity index is 0.000000202. The van der Waals surface area contributed by atoms with Crippen LogP contribution in [0.2, 0.25) is 0 Å². The minimum atomic E-state index is -4.63. The molecule has 694 valence electrons. The molecule has 5 N–H and O–H groups in total. The van der Waals surface area contributed by atoms with Crippen molar-refractivity contribution >= 4 is 168 Å². The SMILES string of the molecule is BrB(Br)Br.COc1cc(N)cc(C(F)(F)F)c1.COc1cc(Nc2cc(C)nc3ccccc23)cc(C(F)(F)F)c1.COc1cc(Nc2cc(C)nc3ccccc23)cc(C(F)(F)F)c1.COc1cc([N+](=O)[O-])cc(C(F)(F)F)c1.Cc1cc(Nc2cc(OCCCN3C(=O)c4ccccc4C3=O)cc(C(F)(F)F)c2)c2ccccc2n1.O=C1c2ccccc2C(=O)N1CCCBr.[Zn]. The van der Waals surface area contributed by atoms with Gasteiger partial charge >= 0.3 is 34.1 Å². The van der Waals surface area contributed by atoms with Crippen molar-refractivity contribution in [1.82, 2.24) is 24.8 Å². The molecular formula is C91H76BBr4F15N10O11Zn. The molecule has 0 spiro atoms. The number of para-hydroxylation sites is 3. The van der Waals surface area contributed by atoms with E-state index in [9.17, 15) is 95.1 Å². The molecule has 0 aliphatic carbocycles. The van der Waals surface area contributed by atoms with Gasteiger partial charge in [0, 0.05) is 141 Å². The number of nitro benzene ring substituents is 1. The van der Waals surface area contributed by atoms with Crippen molar-refractivity contribution in [2.75, 3.05) is 75.1 Å². The molecule has 0 unspecified atom stereocenters. The Labute approximate surface area is 796 Å². The Kier molecular flexibility index (Phi) is 37.5. The minimum Gasteiger partial charge on any atom is -0.497 e. The number of halogens is 19. The number of pyridine rings is 3. The van der Waals surface area contributed by atoms with Crippen LogP contribution in [-0.4, -0.2) is 110 Å². The zero-order valence-corrected chi connectivity index (χ0v) is 80.2. The summed E-state index contributed by atoms with van der Waals surface area (Å²) >= 11 is 12.6. The summed E-state index contributed by atoms with van der Waals surface area (Å²) in [5.41, 5.74) is 9.46. The molecular weight excluding hydrogens is 2090 g/mol. The van der Waals surface area contributed by atoms with E-state index >= 15 is 0 Å². The molecule has 0 radical (unpaired) electrons. The Morgan fingerprint density at radius 1 is 0.391 bits per heavy atom. The maximum absolute atomic E-state index is 13.6. The summed E-state index contributed by atoms with van der Waals surface area (Å²) in [6.07, 6.45) is -21.4. The van der Waals surface area contributed by atoms with E-state index in [1.54, 1.807) is 66.7 Å². The molecule has 0 saturated heterocycles. The zero-order chi connectivity index (χ0) is 96.9. The van der Waals surface area contributed by atoms with E-state index in [0.717, 1.165) is 128 Å². The summed E-state index contributed by atoms with van der Waals surface area (Å²) < 4.78 is 218. The molecule has 2 aliphatic heterocycles. The van der Waals surface area contributed by atoms with Crippen molar-refractivity contribution in [2.45, 2.75) is 64.5 Å². The van der Waals surface area contributed by atoms with Crippen LogP contribution in [0.3, 0.4) is 0 Å². The third-order valence-electron chi connectivity index (χ3n) is 18.8. The first-order chi connectivity index (χ1) is 62.2. The first-order valence-corrected chi connectivity index (χ1v) is 42.7. The fourth-order valence-corrected chi connectivity index (χ4v) is 13.2. The smallest absolute Gasteiger partial charge is 0.416 e. The number of ether oxygens (including phenoxy) is 5. The Morgan fingerprint density at radius 2 is 0.662 bits per heavy atom. The number of nitro groups is 1. The number of carbonyl (C=O) groups is 4. The van der Waals surface area contributed by atoms with Crippen LogP contribution in [0.5, 0.6) is 28.7 Å². The van der Waals surface area contributed by atoms with Gasteiger partial charge in [0.2, 0.25) is 0 Å². The molecule has 5 heterocycles. The number of anilines is 7. The summed E-state index contributed by atoms with van der Waals surface area (Å²) in [5.74, 6) is -0.895. The Morgan fingerprint density at radius 3 is 0.970 bits per heavy atom. The number of hydrogen-bond acceptors (Lipinski definition) is 18. The van der Waals surface area contributed by atoms with Crippen LogP contribution in [0.4, 0.5) is 111 Å². The largest absolute Gasteiger partial charge is 0.497 e. The molecule has 13 aromatic rings. The number of benzene rings is 10. The van der Waals surface area contributed by atoms with Crippen molar-refractivity contribution in [3.63, 3.8) is 0 Å². The number of amides is 4. The third-order valence-corrected chi connectivity index (χ3v) is 19.3. The van der Waals surface area contributed by atoms with Crippen molar-refractivity contribution in [3.8, 4) is 28.7 Å². The number of nitrogens with one attached hydrogen (secondary N) is 3. The van der Waals surface area contributed by atoms with Gasteiger partial charge in [0.15, 0.2) is 0 Å². The van der Waals surface area contributed by atoms with Crippen LogP contribution in [0.1, 0.15) is 99.2 Å². The van der Waals surface area contributed by atoms with Gasteiger partial charge in [-0.25, -0.2) is 0 Å². The molecule has 4 amide bonds. The number of alkyl halides is 16. The number of imide groups is 2. The molecule has 2 aliphatic rings. The second-order valence-electron chi connectivity index (χ2n) is 28.3. The van der Waals surface area contributed by atoms with Gasteiger partial charge in [-0.2, -0.15) is 65.9 Å². The second-order valence-corrected chi connectivity index (χ2v) is 35.5. The van der Waals surface area contributed by atoms with E-state index in [4.69, 9.17) is 19.9 Å². The van der Waals surface area contributed by atoms with Gasteiger partial charge < -0.3 is 45.4 Å². The Bertz CT molecular complexity index is 6110. The zero-order valence-electron chi connectivity index (χ0n) is 70.9. The van der Waals surface area contributed by atoms with Gasteiger partial charge in [0.25, 0.3) is 29.3 Å². The number of nitrogens with zero attached hydrogens (tertiary/aromatic N) is 6. The van der Waals surface area contributed by atoms with Gasteiger partial charge in [-0.05, 0) is 149 Å². The number of non-ortho nitro benzene ring substituents is 1. The predicted molar refractivity (Wildman–Crippen MR) is 488 cm³/mol. The molecule has 42 heteroatoms. The Hall–Kier alpha value is -12.1. The van der Waals surface area contributed by atoms with E-state index in [2.05, 4.69) is 104 Å². The number of nitrogens with two attached hydrogens (primary N) is 1. The fourth-order valence-electron chi connectivity index (χ4n) is 12.9. The van der Waals surface area contributed by atoms with Crippen molar-refractivity contribution in [3.05, 3.63) is 308 Å². The number of aryl methyl sites for hydroxylation is 3. The van der Waals surface area contributed by atoms with Gasteiger partial charge in [0.05, 0.1) is 113 Å². The number of hydrogen-bond donors (Lipinski definition) is 4. The van der Waals surface area contributed by atoms with E-state index < -0.39 is 69.3 Å². The van der Waals surface area contributed by atoms with Crippen molar-refractivity contribution < 1.29 is 133 Å². The number of carbonyl (C=O) groups excluding carboxylic acids is 4. The second kappa shape index (κ2) is 47.0. The number of rotatable bonds is 19. The summed E-state index contributed by atoms with van der Waals surface area (Å²) in [6, 6.07) is 56.9. The average molecular weight is 2170 g/mol. The van der Waals surface area contributed by atoms with Crippen LogP contribution >= 0.6 is 63.2 Å². The van der Waals surface area contributed by atoms with Crippen LogP contribution in [0.25, 0.3) is 32.7 Å². The number of aromatic nitrogens is 3. The van der Waals surface area contributed by atoms with Gasteiger partial charge in [0.1, 0.15) is 28.7 Å². The normalized spacial score (nSPS) is 12.1. The molecule has 0 atom stereocenters. The van der Waals surface area contributed by atoms with Gasteiger partial charge in [-0.3, -0.25) is 54.0 Å². The first kappa shape index (κ1) is 106. The molecule has 21 nitrogen and oxygen atoms in total. The fraction of sp³-hybridized carbons (Fsp3) is 0.198. The monoisotopic (exact) mass is 2160 g/mol. The first-order valence-electron chi connectivity index (χ1n) is 38.8. The number of fused-ring (bicyclic) bond motifs is 5.